The Hall–Kier alpha value is -1.86. The fraction of sp³-hybridized carbons (Fsp3) is 0.412. The van der Waals surface area contributed by atoms with E-state index in [0.717, 1.165) is 41.3 Å². The molecule has 7 heteroatoms. The van der Waals surface area contributed by atoms with Gasteiger partial charge in [0, 0.05) is 18.9 Å². The van der Waals surface area contributed by atoms with Gasteiger partial charge in [0.25, 0.3) is 0 Å². The molecular formula is C17H21BrN6. The predicted molar refractivity (Wildman–Crippen MR) is 98.3 cm³/mol. The molecule has 2 aliphatic rings. The standard InChI is InChI=1S/C17H21BrN6/c18-14-11-22-24-16(21-10-12-2-1-5-20-9-12)8-15(23-17(14)24)13-3-6-19-7-4-13/h1-2,5,8-9,11,13,15,19,21,23H,3-4,6-7,10H2. The van der Waals surface area contributed by atoms with Crippen molar-refractivity contribution in [2.45, 2.75) is 25.4 Å². The second-order valence-electron chi connectivity index (χ2n) is 6.28. The number of hydrogen-bond acceptors (Lipinski definition) is 5. The average molecular weight is 389 g/mol. The molecule has 1 saturated heterocycles. The Balaban J connectivity index is 1.56. The van der Waals surface area contributed by atoms with E-state index in [-0.39, 0.29) is 0 Å². The van der Waals surface area contributed by atoms with Gasteiger partial charge < -0.3 is 16.0 Å². The summed E-state index contributed by atoms with van der Waals surface area (Å²) < 4.78 is 2.92. The smallest absolute Gasteiger partial charge is 0.146 e. The summed E-state index contributed by atoms with van der Waals surface area (Å²) in [6, 6.07) is 4.36. The lowest BCUT2D eigenvalue weighted by atomic mass is 9.89. The molecule has 4 rings (SSSR count). The van der Waals surface area contributed by atoms with E-state index < -0.39 is 0 Å². The molecule has 0 aromatic carbocycles. The summed E-state index contributed by atoms with van der Waals surface area (Å²) in [6.07, 6.45) is 10.2. The number of piperidine rings is 1. The molecule has 2 aliphatic heterocycles. The van der Waals surface area contributed by atoms with Crippen molar-refractivity contribution in [3.05, 3.63) is 46.8 Å². The summed E-state index contributed by atoms with van der Waals surface area (Å²) >= 11 is 3.60. The Kier molecular flexibility index (Phi) is 4.53. The average Bonchev–Trinajstić information content (AvgIpc) is 3.02. The van der Waals surface area contributed by atoms with Gasteiger partial charge in [0.05, 0.1) is 16.7 Å². The first-order chi connectivity index (χ1) is 11.8. The van der Waals surface area contributed by atoms with Crippen LogP contribution >= 0.6 is 15.9 Å². The van der Waals surface area contributed by atoms with E-state index in [2.05, 4.69) is 54.1 Å². The minimum absolute atomic E-state index is 0.323. The molecule has 1 atom stereocenters. The Morgan fingerprint density at radius 3 is 2.96 bits per heavy atom. The second-order valence-corrected chi connectivity index (χ2v) is 7.13. The molecule has 1 fully saturated rings. The molecule has 3 N–H and O–H groups in total. The van der Waals surface area contributed by atoms with E-state index in [0.29, 0.717) is 12.0 Å². The lowest BCUT2D eigenvalue weighted by molar-refractivity contribution is 0.355. The van der Waals surface area contributed by atoms with Crippen LogP contribution in [0.3, 0.4) is 0 Å². The molecule has 0 saturated carbocycles. The van der Waals surface area contributed by atoms with Gasteiger partial charge in [-0.1, -0.05) is 6.07 Å². The molecule has 126 valence electrons. The van der Waals surface area contributed by atoms with Crippen molar-refractivity contribution >= 4 is 27.6 Å². The van der Waals surface area contributed by atoms with Crippen LogP contribution in [0.2, 0.25) is 0 Å². The van der Waals surface area contributed by atoms with Crippen LogP contribution in [-0.2, 0) is 6.54 Å². The first-order valence-electron chi connectivity index (χ1n) is 8.37. The van der Waals surface area contributed by atoms with Crippen LogP contribution in [0.5, 0.6) is 0 Å². The molecule has 4 heterocycles. The molecule has 0 radical (unpaired) electrons. The molecule has 1 unspecified atom stereocenters. The van der Waals surface area contributed by atoms with Gasteiger partial charge in [0.1, 0.15) is 11.6 Å². The van der Waals surface area contributed by atoms with Crippen molar-refractivity contribution in [2.24, 2.45) is 5.92 Å². The second kappa shape index (κ2) is 6.94. The van der Waals surface area contributed by atoms with Crippen molar-refractivity contribution in [2.75, 3.05) is 18.4 Å². The number of rotatable bonds is 4. The molecular weight excluding hydrogens is 368 g/mol. The molecule has 2 aromatic heterocycles. The van der Waals surface area contributed by atoms with E-state index in [1.807, 2.05) is 23.1 Å². The highest BCUT2D eigenvalue weighted by molar-refractivity contribution is 9.10. The van der Waals surface area contributed by atoms with Crippen molar-refractivity contribution in [3.63, 3.8) is 0 Å². The molecule has 0 bridgehead atoms. The zero-order valence-electron chi connectivity index (χ0n) is 13.4. The summed E-state index contributed by atoms with van der Waals surface area (Å²) in [7, 11) is 0. The molecule has 24 heavy (non-hydrogen) atoms. The largest absolute Gasteiger partial charge is 0.366 e. The molecule has 2 aromatic rings. The Bertz CT molecular complexity index is 720. The number of aromatic nitrogens is 3. The third kappa shape index (κ3) is 3.18. The summed E-state index contributed by atoms with van der Waals surface area (Å²) in [5.74, 6) is 2.69. The molecule has 0 aliphatic carbocycles. The molecule has 6 nitrogen and oxygen atoms in total. The van der Waals surface area contributed by atoms with E-state index >= 15 is 0 Å². The van der Waals surface area contributed by atoms with Crippen LogP contribution in [0.4, 0.5) is 5.82 Å². The topological polar surface area (TPSA) is 66.8 Å². The minimum atomic E-state index is 0.323. The van der Waals surface area contributed by atoms with Gasteiger partial charge in [-0.3, -0.25) is 4.98 Å². The zero-order chi connectivity index (χ0) is 16.4. The molecule has 0 spiro atoms. The van der Waals surface area contributed by atoms with E-state index in [9.17, 15) is 0 Å². The highest BCUT2D eigenvalue weighted by atomic mass is 79.9. The van der Waals surface area contributed by atoms with E-state index in [1.165, 1.54) is 12.8 Å². The number of nitrogens with zero attached hydrogens (tertiary/aromatic N) is 3. The van der Waals surface area contributed by atoms with Gasteiger partial charge in [-0.2, -0.15) is 5.10 Å². The minimum Gasteiger partial charge on any atom is -0.366 e. The highest BCUT2D eigenvalue weighted by Crippen LogP contribution is 2.32. The van der Waals surface area contributed by atoms with Crippen LogP contribution in [-0.4, -0.2) is 33.9 Å². The molecule has 0 amide bonds. The predicted octanol–water partition coefficient (Wildman–Crippen LogP) is 2.42. The summed E-state index contributed by atoms with van der Waals surface area (Å²) in [4.78, 5) is 4.18. The monoisotopic (exact) mass is 388 g/mol. The van der Waals surface area contributed by atoms with Crippen LogP contribution in [0.25, 0.3) is 5.82 Å². The summed E-state index contributed by atoms with van der Waals surface area (Å²) in [6.45, 7) is 2.92. The van der Waals surface area contributed by atoms with E-state index in [4.69, 9.17) is 0 Å². The van der Waals surface area contributed by atoms with Crippen molar-refractivity contribution in [1.29, 1.82) is 0 Å². The zero-order valence-corrected chi connectivity index (χ0v) is 15.0. The maximum Gasteiger partial charge on any atom is 0.146 e. The third-order valence-electron chi connectivity index (χ3n) is 4.68. The van der Waals surface area contributed by atoms with Crippen molar-refractivity contribution in [3.8, 4) is 0 Å². The maximum atomic E-state index is 4.48. The van der Waals surface area contributed by atoms with Gasteiger partial charge in [-0.15, -0.1) is 0 Å². The number of fused-ring (bicyclic) bond motifs is 1. The Labute approximate surface area is 149 Å². The highest BCUT2D eigenvalue weighted by Gasteiger charge is 2.28. The van der Waals surface area contributed by atoms with Crippen molar-refractivity contribution < 1.29 is 0 Å². The maximum absolute atomic E-state index is 4.48. The number of halogens is 1. The third-order valence-corrected chi connectivity index (χ3v) is 5.26. The number of anilines is 1. The number of hydrogen-bond donors (Lipinski definition) is 3. The van der Waals surface area contributed by atoms with Crippen LogP contribution in [0, 0.1) is 5.92 Å². The number of nitrogens with one attached hydrogen (secondary N) is 3. The lowest BCUT2D eigenvalue weighted by Gasteiger charge is -2.33. The van der Waals surface area contributed by atoms with Gasteiger partial charge in [0.2, 0.25) is 0 Å². The van der Waals surface area contributed by atoms with E-state index in [1.54, 1.807) is 6.20 Å². The fourth-order valence-electron chi connectivity index (χ4n) is 3.37. The van der Waals surface area contributed by atoms with Crippen LogP contribution in [0.1, 0.15) is 18.4 Å². The summed E-state index contributed by atoms with van der Waals surface area (Å²) in [5, 5.41) is 15.1. The lowest BCUT2D eigenvalue weighted by Crippen LogP contribution is -2.40. The number of pyridine rings is 1. The van der Waals surface area contributed by atoms with Gasteiger partial charge in [0.15, 0.2) is 0 Å². The van der Waals surface area contributed by atoms with Crippen LogP contribution in [0.15, 0.2) is 41.3 Å². The first-order valence-corrected chi connectivity index (χ1v) is 9.16. The first kappa shape index (κ1) is 15.7. The van der Waals surface area contributed by atoms with Gasteiger partial charge in [-0.05, 0) is 65.5 Å². The quantitative estimate of drug-likeness (QED) is 0.750. The SMILES string of the molecule is Brc1cnn2c1NC(C1CCNCC1)C=C2NCc1cccnc1. The fourth-order valence-corrected chi connectivity index (χ4v) is 3.74. The van der Waals surface area contributed by atoms with Gasteiger partial charge >= 0.3 is 0 Å². The Morgan fingerprint density at radius 2 is 2.17 bits per heavy atom. The summed E-state index contributed by atoms with van der Waals surface area (Å²) in [5.41, 5.74) is 1.16. The van der Waals surface area contributed by atoms with Crippen LogP contribution < -0.4 is 16.0 Å². The Morgan fingerprint density at radius 1 is 1.29 bits per heavy atom. The normalized spacial score (nSPS) is 20.9. The van der Waals surface area contributed by atoms with Crippen molar-refractivity contribution in [1.82, 2.24) is 25.4 Å². The van der Waals surface area contributed by atoms with Gasteiger partial charge in [-0.25, -0.2) is 4.68 Å².